The standard InChI is InChI=1S/C11H14N2O2/c1-7(12)6-10-11(14)13-8-4-2-3-5-9(8)15-10/h2-5,7,10H,6,12H2,1H3,(H,13,14). The molecule has 1 amide bonds. The van der Waals surface area contributed by atoms with Gasteiger partial charge in [0, 0.05) is 12.5 Å². The van der Waals surface area contributed by atoms with E-state index in [9.17, 15) is 4.79 Å². The van der Waals surface area contributed by atoms with E-state index in [1.54, 1.807) is 0 Å². The minimum atomic E-state index is -0.472. The molecule has 0 saturated carbocycles. The number of para-hydroxylation sites is 2. The van der Waals surface area contributed by atoms with Gasteiger partial charge in [0.2, 0.25) is 0 Å². The SMILES string of the molecule is CC(N)CC1Oc2ccccc2NC1=O. The number of hydrogen-bond donors (Lipinski definition) is 2. The van der Waals surface area contributed by atoms with Gasteiger partial charge in [0.25, 0.3) is 5.91 Å². The predicted molar refractivity (Wildman–Crippen MR) is 57.8 cm³/mol. The Morgan fingerprint density at radius 2 is 2.27 bits per heavy atom. The van der Waals surface area contributed by atoms with Crippen LogP contribution in [0, 0.1) is 0 Å². The van der Waals surface area contributed by atoms with Crippen molar-refractivity contribution >= 4 is 11.6 Å². The summed E-state index contributed by atoms with van der Waals surface area (Å²) in [6.07, 6.45) is 0.0556. The molecule has 0 aromatic heterocycles. The fraction of sp³-hybridized carbons (Fsp3) is 0.364. The highest BCUT2D eigenvalue weighted by Gasteiger charge is 2.27. The summed E-state index contributed by atoms with van der Waals surface area (Å²) in [5, 5.41) is 2.80. The maximum Gasteiger partial charge on any atom is 0.265 e. The Bertz CT molecular complexity index is 377. The van der Waals surface area contributed by atoms with Crippen LogP contribution in [-0.4, -0.2) is 18.1 Å². The normalized spacial score (nSPS) is 21.2. The second-order valence-electron chi connectivity index (χ2n) is 3.80. The third-order valence-corrected chi connectivity index (χ3v) is 2.29. The highest BCUT2D eigenvalue weighted by Crippen LogP contribution is 2.29. The van der Waals surface area contributed by atoms with Crippen molar-refractivity contribution in [3.63, 3.8) is 0 Å². The minimum Gasteiger partial charge on any atom is -0.478 e. The molecule has 15 heavy (non-hydrogen) atoms. The molecule has 1 aliphatic rings. The van der Waals surface area contributed by atoms with Crippen molar-refractivity contribution in [1.82, 2.24) is 0 Å². The Balaban J connectivity index is 2.18. The summed E-state index contributed by atoms with van der Waals surface area (Å²) < 4.78 is 5.56. The molecule has 1 aliphatic heterocycles. The summed E-state index contributed by atoms with van der Waals surface area (Å²) in [6.45, 7) is 1.86. The molecule has 80 valence electrons. The number of benzene rings is 1. The zero-order valence-electron chi connectivity index (χ0n) is 8.57. The molecule has 0 radical (unpaired) electrons. The summed E-state index contributed by atoms with van der Waals surface area (Å²) in [7, 11) is 0. The molecule has 0 bridgehead atoms. The molecule has 2 rings (SSSR count). The van der Waals surface area contributed by atoms with Gasteiger partial charge in [-0.15, -0.1) is 0 Å². The van der Waals surface area contributed by atoms with Gasteiger partial charge in [0.15, 0.2) is 6.10 Å². The van der Waals surface area contributed by atoms with Crippen molar-refractivity contribution in [2.75, 3.05) is 5.32 Å². The number of carbonyl (C=O) groups excluding carboxylic acids is 1. The van der Waals surface area contributed by atoms with Gasteiger partial charge in [-0.25, -0.2) is 0 Å². The minimum absolute atomic E-state index is 0.0500. The van der Waals surface area contributed by atoms with Crippen LogP contribution in [0.15, 0.2) is 24.3 Å². The summed E-state index contributed by atoms with van der Waals surface area (Å²) in [5.74, 6) is 0.591. The van der Waals surface area contributed by atoms with E-state index < -0.39 is 6.10 Å². The van der Waals surface area contributed by atoms with E-state index in [2.05, 4.69) is 5.32 Å². The molecular formula is C11H14N2O2. The maximum absolute atomic E-state index is 11.6. The van der Waals surface area contributed by atoms with Gasteiger partial charge >= 0.3 is 0 Å². The summed E-state index contributed by atoms with van der Waals surface area (Å²) >= 11 is 0. The fourth-order valence-corrected chi connectivity index (χ4v) is 1.59. The van der Waals surface area contributed by atoms with E-state index in [-0.39, 0.29) is 11.9 Å². The average molecular weight is 206 g/mol. The Morgan fingerprint density at radius 1 is 1.53 bits per heavy atom. The van der Waals surface area contributed by atoms with Crippen LogP contribution in [0.2, 0.25) is 0 Å². The Morgan fingerprint density at radius 3 is 3.00 bits per heavy atom. The number of ether oxygens (including phenoxy) is 1. The first-order valence-corrected chi connectivity index (χ1v) is 4.99. The molecule has 4 nitrogen and oxygen atoms in total. The molecule has 4 heteroatoms. The van der Waals surface area contributed by atoms with Gasteiger partial charge in [0.05, 0.1) is 5.69 Å². The largest absolute Gasteiger partial charge is 0.478 e. The van der Waals surface area contributed by atoms with E-state index in [0.717, 1.165) is 5.69 Å². The third-order valence-electron chi connectivity index (χ3n) is 2.29. The first-order chi connectivity index (χ1) is 7.16. The van der Waals surface area contributed by atoms with Gasteiger partial charge in [-0.2, -0.15) is 0 Å². The molecule has 0 aliphatic carbocycles. The molecular weight excluding hydrogens is 192 g/mol. The first-order valence-electron chi connectivity index (χ1n) is 4.99. The van der Waals surface area contributed by atoms with Gasteiger partial charge in [-0.3, -0.25) is 4.79 Å². The van der Waals surface area contributed by atoms with Crippen LogP contribution in [-0.2, 0) is 4.79 Å². The van der Waals surface area contributed by atoms with E-state index in [1.807, 2.05) is 31.2 Å². The smallest absolute Gasteiger partial charge is 0.265 e. The number of carbonyl (C=O) groups is 1. The second kappa shape index (κ2) is 3.90. The zero-order valence-corrected chi connectivity index (χ0v) is 8.57. The third kappa shape index (κ3) is 2.10. The first kappa shape index (κ1) is 9.98. The van der Waals surface area contributed by atoms with Crippen molar-refractivity contribution < 1.29 is 9.53 Å². The number of fused-ring (bicyclic) bond motifs is 1. The Hall–Kier alpha value is -1.55. The Kier molecular flexibility index (Phi) is 2.60. The summed E-state index contributed by atoms with van der Waals surface area (Å²) in [4.78, 5) is 11.6. The Labute approximate surface area is 88.4 Å². The summed E-state index contributed by atoms with van der Waals surface area (Å²) in [5.41, 5.74) is 6.37. The fourth-order valence-electron chi connectivity index (χ4n) is 1.59. The van der Waals surface area contributed by atoms with E-state index in [1.165, 1.54) is 0 Å². The monoisotopic (exact) mass is 206 g/mol. The lowest BCUT2D eigenvalue weighted by Crippen LogP contribution is -2.40. The molecule has 2 unspecified atom stereocenters. The molecule has 0 spiro atoms. The number of nitrogens with one attached hydrogen (secondary N) is 1. The molecule has 2 atom stereocenters. The molecule has 1 heterocycles. The number of rotatable bonds is 2. The number of anilines is 1. The van der Waals surface area contributed by atoms with E-state index in [0.29, 0.717) is 12.2 Å². The van der Waals surface area contributed by atoms with Crippen LogP contribution < -0.4 is 15.8 Å². The van der Waals surface area contributed by atoms with Crippen molar-refractivity contribution in [2.45, 2.75) is 25.5 Å². The lowest BCUT2D eigenvalue weighted by atomic mass is 10.1. The quantitative estimate of drug-likeness (QED) is 0.762. The van der Waals surface area contributed by atoms with Gasteiger partial charge in [-0.1, -0.05) is 12.1 Å². The summed E-state index contributed by atoms with van der Waals surface area (Å²) in [6, 6.07) is 7.33. The zero-order chi connectivity index (χ0) is 10.8. The van der Waals surface area contributed by atoms with Crippen LogP contribution in [0.1, 0.15) is 13.3 Å². The second-order valence-corrected chi connectivity index (χ2v) is 3.80. The molecule has 1 aromatic carbocycles. The van der Waals surface area contributed by atoms with Gasteiger partial charge < -0.3 is 15.8 Å². The van der Waals surface area contributed by atoms with Crippen molar-refractivity contribution in [3.05, 3.63) is 24.3 Å². The average Bonchev–Trinajstić information content (AvgIpc) is 2.18. The molecule has 0 saturated heterocycles. The maximum atomic E-state index is 11.6. The van der Waals surface area contributed by atoms with Gasteiger partial charge in [0.1, 0.15) is 5.75 Å². The predicted octanol–water partition coefficient (Wildman–Crippen LogP) is 1.12. The highest BCUT2D eigenvalue weighted by atomic mass is 16.5. The van der Waals surface area contributed by atoms with Crippen molar-refractivity contribution in [2.24, 2.45) is 5.73 Å². The lowest BCUT2D eigenvalue weighted by Gasteiger charge is -2.26. The molecule has 1 aromatic rings. The van der Waals surface area contributed by atoms with Gasteiger partial charge in [-0.05, 0) is 19.1 Å². The lowest BCUT2D eigenvalue weighted by molar-refractivity contribution is -0.123. The van der Waals surface area contributed by atoms with Crippen LogP contribution in [0.25, 0.3) is 0 Å². The molecule has 0 fully saturated rings. The number of hydrogen-bond acceptors (Lipinski definition) is 3. The van der Waals surface area contributed by atoms with Crippen LogP contribution in [0.3, 0.4) is 0 Å². The van der Waals surface area contributed by atoms with Crippen LogP contribution in [0.5, 0.6) is 5.75 Å². The molecule has 3 N–H and O–H groups in total. The van der Waals surface area contributed by atoms with Crippen molar-refractivity contribution in [1.29, 1.82) is 0 Å². The van der Waals surface area contributed by atoms with Crippen molar-refractivity contribution in [3.8, 4) is 5.75 Å². The highest BCUT2D eigenvalue weighted by molar-refractivity contribution is 5.97. The number of nitrogens with two attached hydrogens (primary N) is 1. The van der Waals surface area contributed by atoms with Crippen LogP contribution in [0.4, 0.5) is 5.69 Å². The topological polar surface area (TPSA) is 64.3 Å². The van der Waals surface area contributed by atoms with E-state index in [4.69, 9.17) is 10.5 Å². The van der Waals surface area contributed by atoms with Crippen LogP contribution >= 0.6 is 0 Å². The van der Waals surface area contributed by atoms with E-state index >= 15 is 0 Å². The number of amides is 1.